The first-order chi connectivity index (χ1) is 15.6. The van der Waals surface area contributed by atoms with Crippen molar-refractivity contribution >= 4 is 16.8 Å². The van der Waals surface area contributed by atoms with Crippen LogP contribution in [0, 0.1) is 0 Å². The topological polar surface area (TPSA) is 103 Å². The van der Waals surface area contributed by atoms with Crippen molar-refractivity contribution in [2.75, 3.05) is 19.8 Å². The number of pyridine rings is 1. The van der Waals surface area contributed by atoms with Crippen LogP contribution in [0.4, 0.5) is 0 Å². The Labute approximate surface area is 188 Å². The first-order valence-corrected chi connectivity index (χ1v) is 11.2. The third-order valence-corrected chi connectivity index (χ3v) is 5.55. The molecular formula is C26H32N2O4. The minimum absolute atomic E-state index is 0.0467. The number of amides is 1. The number of aliphatic hydroxyl groups excluding tert-OH is 3. The summed E-state index contributed by atoms with van der Waals surface area (Å²) >= 11 is 0. The van der Waals surface area contributed by atoms with Crippen LogP contribution in [0.15, 0.2) is 54.7 Å². The van der Waals surface area contributed by atoms with Gasteiger partial charge in [-0.15, -0.1) is 0 Å². The highest BCUT2D eigenvalue weighted by molar-refractivity contribution is 5.97. The van der Waals surface area contributed by atoms with Gasteiger partial charge in [0.1, 0.15) is 0 Å². The Morgan fingerprint density at radius 1 is 1.03 bits per heavy atom. The lowest BCUT2D eigenvalue weighted by Gasteiger charge is -2.15. The lowest BCUT2D eigenvalue weighted by molar-refractivity contribution is -0.120. The Kier molecular flexibility index (Phi) is 9.16. The SMILES string of the molecule is O=C(Cc1cnc2ccccc2c1-c1cccc(CC[C@H](O)CO)c1)NCCCCCO. The molecule has 0 unspecified atom stereocenters. The number of unbranched alkanes of at least 4 members (excludes halogenated alkanes) is 2. The van der Waals surface area contributed by atoms with Crippen LogP contribution in [-0.2, 0) is 17.6 Å². The molecule has 170 valence electrons. The Hall–Kier alpha value is -2.80. The zero-order valence-electron chi connectivity index (χ0n) is 18.3. The van der Waals surface area contributed by atoms with Gasteiger partial charge in [0, 0.05) is 24.7 Å². The predicted octanol–water partition coefficient (Wildman–Crippen LogP) is 3.01. The second-order valence-electron chi connectivity index (χ2n) is 8.06. The Morgan fingerprint density at radius 2 is 1.88 bits per heavy atom. The van der Waals surface area contributed by atoms with Gasteiger partial charge in [-0.2, -0.15) is 0 Å². The van der Waals surface area contributed by atoms with Crippen LogP contribution in [0.3, 0.4) is 0 Å². The van der Waals surface area contributed by atoms with E-state index in [-0.39, 0.29) is 25.5 Å². The largest absolute Gasteiger partial charge is 0.396 e. The van der Waals surface area contributed by atoms with Gasteiger partial charge in [0.15, 0.2) is 0 Å². The van der Waals surface area contributed by atoms with Gasteiger partial charge in [-0.05, 0) is 60.4 Å². The maximum atomic E-state index is 12.6. The number of hydrogen-bond acceptors (Lipinski definition) is 5. The number of fused-ring (bicyclic) bond motifs is 1. The minimum Gasteiger partial charge on any atom is -0.396 e. The second kappa shape index (κ2) is 12.3. The standard InChI is InChI=1S/C26H32N2O4/c29-14-5-1-4-13-27-25(32)16-21-17-28-24-10-3-2-9-23(24)26(21)20-8-6-7-19(15-20)11-12-22(31)18-30/h2-3,6-10,15,17,22,29-31H,1,4-5,11-14,16,18H2,(H,27,32)/t22-/m0/s1. The summed E-state index contributed by atoms with van der Waals surface area (Å²) in [5, 5.41) is 31.6. The van der Waals surface area contributed by atoms with Crippen LogP contribution in [0.5, 0.6) is 0 Å². The molecule has 1 aromatic heterocycles. The van der Waals surface area contributed by atoms with Crippen molar-refractivity contribution < 1.29 is 20.1 Å². The highest BCUT2D eigenvalue weighted by Crippen LogP contribution is 2.32. The molecule has 0 radical (unpaired) electrons. The maximum Gasteiger partial charge on any atom is 0.224 e. The van der Waals surface area contributed by atoms with E-state index in [1.165, 1.54) is 0 Å². The average Bonchev–Trinajstić information content (AvgIpc) is 2.82. The highest BCUT2D eigenvalue weighted by Gasteiger charge is 2.15. The van der Waals surface area contributed by atoms with Crippen LogP contribution in [0.2, 0.25) is 0 Å². The molecule has 6 nitrogen and oxygen atoms in total. The summed E-state index contributed by atoms with van der Waals surface area (Å²) in [5.41, 5.74) is 4.80. The molecule has 0 spiro atoms. The lowest BCUT2D eigenvalue weighted by Crippen LogP contribution is -2.26. The van der Waals surface area contributed by atoms with Gasteiger partial charge in [0.05, 0.1) is 24.6 Å². The van der Waals surface area contributed by atoms with Crippen molar-refractivity contribution in [3.63, 3.8) is 0 Å². The van der Waals surface area contributed by atoms with E-state index in [1.54, 1.807) is 6.20 Å². The molecule has 0 aliphatic heterocycles. The number of aromatic nitrogens is 1. The first kappa shape index (κ1) is 23.9. The van der Waals surface area contributed by atoms with Crippen LogP contribution in [0.25, 0.3) is 22.0 Å². The van der Waals surface area contributed by atoms with Gasteiger partial charge in [-0.1, -0.05) is 42.5 Å². The number of benzene rings is 2. The van der Waals surface area contributed by atoms with Gasteiger partial charge < -0.3 is 20.6 Å². The number of carbonyl (C=O) groups is 1. The molecule has 3 rings (SSSR count). The average molecular weight is 437 g/mol. The summed E-state index contributed by atoms with van der Waals surface area (Å²) in [6, 6.07) is 16.0. The zero-order valence-corrected chi connectivity index (χ0v) is 18.3. The molecule has 2 aromatic carbocycles. The second-order valence-corrected chi connectivity index (χ2v) is 8.06. The number of para-hydroxylation sites is 1. The van der Waals surface area contributed by atoms with E-state index in [9.17, 15) is 9.90 Å². The van der Waals surface area contributed by atoms with E-state index >= 15 is 0 Å². The molecule has 0 saturated heterocycles. The third-order valence-electron chi connectivity index (χ3n) is 5.55. The molecule has 3 aromatic rings. The third kappa shape index (κ3) is 6.60. The zero-order chi connectivity index (χ0) is 22.8. The molecule has 1 heterocycles. The molecule has 1 amide bonds. The molecule has 0 fully saturated rings. The molecule has 6 heteroatoms. The van der Waals surface area contributed by atoms with Crippen molar-refractivity contribution in [3.8, 4) is 11.1 Å². The number of nitrogens with one attached hydrogen (secondary N) is 1. The van der Waals surface area contributed by atoms with Crippen molar-refractivity contribution in [1.82, 2.24) is 10.3 Å². The van der Waals surface area contributed by atoms with Gasteiger partial charge in [0.25, 0.3) is 0 Å². The number of nitrogens with zero attached hydrogens (tertiary/aromatic N) is 1. The van der Waals surface area contributed by atoms with E-state index in [4.69, 9.17) is 10.2 Å². The molecule has 32 heavy (non-hydrogen) atoms. The van der Waals surface area contributed by atoms with E-state index < -0.39 is 6.10 Å². The normalized spacial score (nSPS) is 12.1. The lowest BCUT2D eigenvalue weighted by atomic mass is 9.93. The highest BCUT2D eigenvalue weighted by atomic mass is 16.3. The van der Waals surface area contributed by atoms with Crippen LogP contribution < -0.4 is 5.32 Å². The fourth-order valence-electron chi connectivity index (χ4n) is 3.84. The quantitative estimate of drug-likeness (QED) is 0.327. The fourth-order valence-corrected chi connectivity index (χ4v) is 3.84. The number of hydrogen-bond donors (Lipinski definition) is 4. The summed E-state index contributed by atoms with van der Waals surface area (Å²) in [6.45, 7) is 0.532. The summed E-state index contributed by atoms with van der Waals surface area (Å²) in [7, 11) is 0. The van der Waals surface area contributed by atoms with Gasteiger partial charge in [-0.3, -0.25) is 9.78 Å². The van der Waals surface area contributed by atoms with Crippen LogP contribution in [-0.4, -0.2) is 52.1 Å². The summed E-state index contributed by atoms with van der Waals surface area (Å²) < 4.78 is 0. The van der Waals surface area contributed by atoms with Crippen molar-refractivity contribution in [2.45, 2.75) is 44.6 Å². The predicted molar refractivity (Wildman–Crippen MR) is 126 cm³/mol. The van der Waals surface area contributed by atoms with Gasteiger partial charge >= 0.3 is 0 Å². The number of aryl methyl sites for hydroxylation is 1. The molecule has 0 aliphatic rings. The summed E-state index contributed by atoms with van der Waals surface area (Å²) in [4.78, 5) is 17.2. The van der Waals surface area contributed by atoms with E-state index in [2.05, 4.69) is 16.4 Å². The minimum atomic E-state index is -0.725. The molecule has 1 atom stereocenters. The fraction of sp³-hybridized carbons (Fsp3) is 0.385. The van der Waals surface area contributed by atoms with E-state index in [0.29, 0.717) is 19.4 Å². The maximum absolute atomic E-state index is 12.6. The van der Waals surface area contributed by atoms with E-state index in [0.717, 1.165) is 52.4 Å². The number of rotatable bonds is 12. The summed E-state index contributed by atoms with van der Waals surface area (Å²) in [6.07, 6.45) is 4.92. The Balaban J connectivity index is 1.86. The van der Waals surface area contributed by atoms with E-state index in [1.807, 2.05) is 42.5 Å². The summed E-state index contributed by atoms with van der Waals surface area (Å²) in [5.74, 6) is -0.0467. The number of carbonyl (C=O) groups excluding carboxylic acids is 1. The van der Waals surface area contributed by atoms with Crippen LogP contribution in [0.1, 0.15) is 36.8 Å². The first-order valence-electron chi connectivity index (χ1n) is 11.2. The Morgan fingerprint density at radius 3 is 2.69 bits per heavy atom. The van der Waals surface area contributed by atoms with Crippen molar-refractivity contribution in [2.24, 2.45) is 0 Å². The molecular weight excluding hydrogens is 404 g/mol. The smallest absolute Gasteiger partial charge is 0.224 e. The Bertz CT molecular complexity index is 1020. The van der Waals surface area contributed by atoms with Crippen molar-refractivity contribution in [1.29, 1.82) is 0 Å². The monoisotopic (exact) mass is 436 g/mol. The van der Waals surface area contributed by atoms with Crippen molar-refractivity contribution in [3.05, 3.63) is 65.9 Å². The van der Waals surface area contributed by atoms with Gasteiger partial charge in [-0.25, -0.2) is 0 Å². The van der Waals surface area contributed by atoms with Crippen LogP contribution >= 0.6 is 0 Å². The molecule has 4 N–H and O–H groups in total. The number of aliphatic hydroxyl groups is 3. The molecule has 0 aliphatic carbocycles. The van der Waals surface area contributed by atoms with Gasteiger partial charge in [0.2, 0.25) is 5.91 Å². The molecule has 0 saturated carbocycles. The molecule has 0 bridgehead atoms.